The summed E-state index contributed by atoms with van der Waals surface area (Å²) in [5.41, 5.74) is 6.65. The summed E-state index contributed by atoms with van der Waals surface area (Å²) in [6.07, 6.45) is 0. The van der Waals surface area contributed by atoms with E-state index in [2.05, 4.69) is 0 Å². The molecule has 1 aromatic carbocycles. The van der Waals surface area contributed by atoms with Gasteiger partial charge in [0.05, 0.1) is 6.61 Å². The minimum Gasteiger partial charge on any atom is -0.395 e. The van der Waals surface area contributed by atoms with E-state index in [1.54, 1.807) is 18.2 Å². The molecule has 0 saturated carbocycles. The van der Waals surface area contributed by atoms with Crippen LogP contribution in [0.2, 0.25) is 0 Å². The van der Waals surface area contributed by atoms with Crippen molar-refractivity contribution in [2.75, 3.05) is 20.2 Å². The van der Waals surface area contributed by atoms with Gasteiger partial charge < -0.3 is 15.7 Å². The first kappa shape index (κ1) is 15.1. The highest BCUT2D eigenvalue weighted by molar-refractivity contribution is 5.21. The molecular weight excluding hydrogens is 231 g/mol. The van der Waals surface area contributed by atoms with Crippen LogP contribution in [0.3, 0.4) is 0 Å². The Morgan fingerprint density at radius 1 is 1.33 bits per heavy atom. The van der Waals surface area contributed by atoms with Crippen molar-refractivity contribution < 1.29 is 9.50 Å². The lowest BCUT2D eigenvalue weighted by Gasteiger charge is -2.29. The number of aliphatic hydroxyl groups is 1. The summed E-state index contributed by atoms with van der Waals surface area (Å²) in [5.74, 6) is -0.143. The largest absolute Gasteiger partial charge is 0.395 e. The van der Waals surface area contributed by atoms with Crippen LogP contribution in [0.1, 0.15) is 25.5 Å². The maximum atomic E-state index is 13.6. The van der Waals surface area contributed by atoms with Gasteiger partial charge in [-0.2, -0.15) is 0 Å². The van der Waals surface area contributed by atoms with E-state index in [0.717, 1.165) is 6.54 Å². The molecule has 0 amide bonds. The standard InChI is InChI=1S/C14H23FN2O/c1-10(8-17(3)11(2)9-18)14(16)12-6-4-5-7-13(12)15/h4-7,10-11,14,18H,8-9,16H2,1-3H3. The van der Waals surface area contributed by atoms with Gasteiger partial charge in [0.15, 0.2) is 0 Å². The SMILES string of the molecule is CC(CN(C)C(C)CO)C(N)c1ccccc1F. The monoisotopic (exact) mass is 254 g/mol. The topological polar surface area (TPSA) is 49.5 Å². The molecule has 0 aliphatic carbocycles. The van der Waals surface area contributed by atoms with Crippen LogP contribution >= 0.6 is 0 Å². The highest BCUT2D eigenvalue weighted by Gasteiger charge is 2.20. The van der Waals surface area contributed by atoms with Gasteiger partial charge in [0.2, 0.25) is 0 Å². The van der Waals surface area contributed by atoms with E-state index in [4.69, 9.17) is 10.8 Å². The smallest absolute Gasteiger partial charge is 0.127 e. The Balaban J connectivity index is 2.67. The molecule has 4 heteroatoms. The second-order valence-corrected chi connectivity index (χ2v) is 5.00. The number of nitrogens with zero attached hydrogens (tertiary/aromatic N) is 1. The zero-order chi connectivity index (χ0) is 13.7. The number of nitrogens with two attached hydrogens (primary N) is 1. The fourth-order valence-electron chi connectivity index (χ4n) is 1.94. The summed E-state index contributed by atoms with van der Waals surface area (Å²) < 4.78 is 13.6. The number of likely N-dealkylation sites (N-methyl/N-ethyl adjacent to an activating group) is 1. The summed E-state index contributed by atoms with van der Waals surface area (Å²) in [7, 11) is 1.94. The third kappa shape index (κ3) is 3.77. The van der Waals surface area contributed by atoms with Crippen LogP contribution in [0.15, 0.2) is 24.3 Å². The van der Waals surface area contributed by atoms with Crippen molar-refractivity contribution >= 4 is 0 Å². The maximum absolute atomic E-state index is 13.6. The first-order valence-electron chi connectivity index (χ1n) is 6.28. The molecule has 3 atom stereocenters. The Hall–Kier alpha value is -0.970. The summed E-state index contributed by atoms with van der Waals surface area (Å²) in [6, 6.07) is 6.37. The number of halogens is 1. The molecule has 1 rings (SSSR count). The van der Waals surface area contributed by atoms with Gasteiger partial charge in [0.25, 0.3) is 0 Å². The lowest BCUT2D eigenvalue weighted by atomic mass is 9.94. The molecule has 0 spiro atoms. The Bertz CT molecular complexity index is 373. The third-order valence-corrected chi connectivity index (χ3v) is 3.47. The molecule has 18 heavy (non-hydrogen) atoms. The number of hydrogen-bond donors (Lipinski definition) is 2. The highest BCUT2D eigenvalue weighted by atomic mass is 19.1. The van der Waals surface area contributed by atoms with Gasteiger partial charge in [-0.05, 0) is 26.0 Å². The van der Waals surface area contributed by atoms with Crippen molar-refractivity contribution in [3.63, 3.8) is 0 Å². The fourth-order valence-corrected chi connectivity index (χ4v) is 1.94. The normalized spacial score (nSPS) is 16.6. The highest BCUT2D eigenvalue weighted by Crippen LogP contribution is 2.22. The number of aliphatic hydroxyl groups excluding tert-OH is 1. The van der Waals surface area contributed by atoms with Crippen LogP contribution in [0.25, 0.3) is 0 Å². The molecule has 0 saturated heterocycles. The van der Waals surface area contributed by atoms with Crippen molar-refractivity contribution in [1.82, 2.24) is 4.90 Å². The third-order valence-electron chi connectivity index (χ3n) is 3.47. The molecule has 0 fully saturated rings. The van der Waals surface area contributed by atoms with Gasteiger partial charge in [0.1, 0.15) is 5.82 Å². The average molecular weight is 254 g/mol. The van der Waals surface area contributed by atoms with Crippen molar-refractivity contribution in [3.8, 4) is 0 Å². The Morgan fingerprint density at radius 3 is 2.50 bits per heavy atom. The number of hydrogen-bond acceptors (Lipinski definition) is 3. The van der Waals surface area contributed by atoms with Crippen molar-refractivity contribution in [2.24, 2.45) is 11.7 Å². The van der Waals surface area contributed by atoms with Gasteiger partial charge in [-0.15, -0.1) is 0 Å². The van der Waals surface area contributed by atoms with E-state index in [-0.39, 0.29) is 30.4 Å². The summed E-state index contributed by atoms with van der Waals surface area (Å²) >= 11 is 0. The quantitative estimate of drug-likeness (QED) is 0.813. The van der Waals surface area contributed by atoms with Gasteiger partial charge in [0, 0.05) is 24.2 Å². The molecule has 3 nitrogen and oxygen atoms in total. The van der Waals surface area contributed by atoms with Crippen LogP contribution in [-0.4, -0.2) is 36.2 Å². The van der Waals surface area contributed by atoms with Crippen LogP contribution in [0.5, 0.6) is 0 Å². The Labute approximate surface area is 108 Å². The van der Waals surface area contributed by atoms with Crippen LogP contribution in [0.4, 0.5) is 4.39 Å². The van der Waals surface area contributed by atoms with E-state index >= 15 is 0 Å². The van der Waals surface area contributed by atoms with Crippen LogP contribution in [-0.2, 0) is 0 Å². The predicted octanol–water partition coefficient (Wildman–Crippen LogP) is 1.77. The molecule has 3 unspecified atom stereocenters. The minimum atomic E-state index is -0.334. The Kier molecular flexibility index (Phi) is 5.72. The molecule has 0 aliphatic rings. The minimum absolute atomic E-state index is 0.0836. The van der Waals surface area contributed by atoms with Gasteiger partial charge >= 0.3 is 0 Å². The second-order valence-electron chi connectivity index (χ2n) is 5.00. The first-order valence-corrected chi connectivity index (χ1v) is 6.28. The molecule has 0 heterocycles. The molecule has 1 aromatic rings. The number of rotatable bonds is 6. The van der Waals surface area contributed by atoms with E-state index in [1.165, 1.54) is 6.07 Å². The lowest BCUT2D eigenvalue weighted by Crippen LogP contribution is -2.38. The molecule has 0 radical (unpaired) electrons. The molecular formula is C14H23FN2O. The zero-order valence-electron chi connectivity index (χ0n) is 11.3. The van der Waals surface area contributed by atoms with Gasteiger partial charge in [-0.3, -0.25) is 0 Å². The predicted molar refractivity (Wildman–Crippen MR) is 71.7 cm³/mol. The van der Waals surface area contributed by atoms with Crippen molar-refractivity contribution in [2.45, 2.75) is 25.9 Å². The maximum Gasteiger partial charge on any atom is 0.127 e. The molecule has 3 N–H and O–H groups in total. The first-order chi connectivity index (χ1) is 8.47. The summed E-state index contributed by atoms with van der Waals surface area (Å²) in [6.45, 7) is 4.77. The van der Waals surface area contributed by atoms with Gasteiger partial charge in [-0.25, -0.2) is 4.39 Å². The molecule has 0 aromatic heterocycles. The summed E-state index contributed by atoms with van der Waals surface area (Å²) in [5, 5.41) is 9.08. The average Bonchev–Trinajstić information content (AvgIpc) is 2.37. The number of benzene rings is 1. The summed E-state index contributed by atoms with van der Waals surface area (Å²) in [4.78, 5) is 2.03. The van der Waals surface area contributed by atoms with Crippen molar-refractivity contribution in [3.05, 3.63) is 35.6 Å². The van der Waals surface area contributed by atoms with E-state index in [1.807, 2.05) is 25.8 Å². The van der Waals surface area contributed by atoms with Crippen molar-refractivity contribution in [1.29, 1.82) is 0 Å². The Morgan fingerprint density at radius 2 is 1.94 bits per heavy atom. The van der Waals surface area contributed by atoms with Crippen LogP contribution in [0, 0.1) is 11.7 Å². The van der Waals surface area contributed by atoms with E-state index < -0.39 is 0 Å². The molecule has 0 bridgehead atoms. The molecule has 102 valence electrons. The zero-order valence-corrected chi connectivity index (χ0v) is 11.3. The van der Waals surface area contributed by atoms with Crippen LogP contribution < -0.4 is 5.73 Å². The molecule has 0 aliphatic heterocycles. The van der Waals surface area contributed by atoms with Gasteiger partial charge in [-0.1, -0.05) is 25.1 Å². The van der Waals surface area contributed by atoms with E-state index in [9.17, 15) is 4.39 Å². The van der Waals surface area contributed by atoms with E-state index in [0.29, 0.717) is 5.56 Å². The second kappa shape index (κ2) is 6.83. The fraction of sp³-hybridized carbons (Fsp3) is 0.571. The lowest BCUT2D eigenvalue weighted by molar-refractivity contribution is 0.140.